The van der Waals surface area contributed by atoms with E-state index in [1.54, 1.807) is 0 Å². The van der Waals surface area contributed by atoms with E-state index in [1.807, 2.05) is 38.2 Å². The van der Waals surface area contributed by atoms with E-state index < -0.39 is 0 Å². The fraction of sp³-hybridized carbons (Fsp3) is 0.414. The number of nitrogens with one attached hydrogen (secondary N) is 2. The van der Waals surface area contributed by atoms with Gasteiger partial charge in [-0.1, -0.05) is 25.8 Å². The Morgan fingerprint density at radius 3 is 2.58 bits per heavy atom. The number of aromatic nitrogens is 2. The van der Waals surface area contributed by atoms with Crippen molar-refractivity contribution in [3.05, 3.63) is 76.9 Å². The maximum absolute atomic E-state index is 12.0. The van der Waals surface area contributed by atoms with Crippen LogP contribution in [0.4, 0.5) is 11.4 Å². The maximum Gasteiger partial charge on any atom is 0.224 e. The molecule has 3 aromatic rings. The topological polar surface area (TPSA) is 62.2 Å². The van der Waals surface area contributed by atoms with Crippen LogP contribution in [0.1, 0.15) is 85.4 Å². The molecule has 2 aliphatic rings. The highest BCUT2D eigenvalue weighted by molar-refractivity contribution is 7.80. The van der Waals surface area contributed by atoms with E-state index >= 15 is 0 Å². The van der Waals surface area contributed by atoms with Crippen LogP contribution in [0.25, 0.3) is 0 Å². The lowest BCUT2D eigenvalue weighted by Crippen LogP contribution is -2.29. The van der Waals surface area contributed by atoms with Gasteiger partial charge in [-0.25, -0.2) is 0 Å². The van der Waals surface area contributed by atoms with Crippen LogP contribution in [0.2, 0.25) is 0 Å². The summed E-state index contributed by atoms with van der Waals surface area (Å²) < 4.78 is 2.55. The first-order chi connectivity index (χ1) is 17.4. The fourth-order valence-corrected chi connectivity index (χ4v) is 6.30. The number of carbonyl (C=O) groups excluding carboxylic acids is 1. The smallest absolute Gasteiger partial charge is 0.224 e. The van der Waals surface area contributed by atoms with Crippen molar-refractivity contribution in [2.75, 3.05) is 10.2 Å². The third kappa shape index (κ3) is 4.41. The molecule has 3 heterocycles. The molecule has 1 aliphatic carbocycles. The molecule has 2 N–H and O–H groups in total. The van der Waals surface area contributed by atoms with Crippen LogP contribution in [0.15, 0.2) is 48.7 Å². The quantitative estimate of drug-likeness (QED) is 0.380. The van der Waals surface area contributed by atoms with Gasteiger partial charge in [0.15, 0.2) is 5.11 Å². The highest BCUT2D eigenvalue weighted by Crippen LogP contribution is 2.45. The van der Waals surface area contributed by atoms with E-state index in [2.05, 4.69) is 58.2 Å². The summed E-state index contributed by atoms with van der Waals surface area (Å²) in [6.45, 7) is 8.37. The highest BCUT2D eigenvalue weighted by atomic mass is 32.1. The van der Waals surface area contributed by atoms with Crippen molar-refractivity contribution in [1.82, 2.24) is 14.9 Å². The monoisotopic (exact) mass is 501 g/mol. The van der Waals surface area contributed by atoms with Crippen molar-refractivity contribution in [3.8, 4) is 0 Å². The molecule has 5 rings (SSSR count). The second-order valence-corrected chi connectivity index (χ2v) is 10.4. The predicted octanol–water partition coefficient (Wildman–Crippen LogP) is 6.45. The maximum atomic E-state index is 12.0. The Bertz CT molecular complexity index is 1280. The van der Waals surface area contributed by atoms with Crippen LogP contribution in [0.3, 0.4) is 0 Å². The Morgan fingerprint density at radius 1 is 1.14 bits per heavy atom. The summed E-state index contributed by atoms with van der Waals surface area (Å²) in [5, 5.41) is 7.27. The summed E-state index contributed by atoms with van der Waals surface area (Å²) in [5.41, 5.74) is 7.72. The van der Waals surface area contributed by atoms with E-state index in [-0.39, 0.29) is 18.0 Å². The van der Waals surface area contributed by atoms with E-state index in [9.17, 15) is 4.79 Å². The number of pyridine rings is 1. The number of carbonyl (C=O) groups is 1. The Hall–Kier alpha value is -3.19. The average Bonchev–Trinajstić information content (AvgIpc) is 3.58. The lowest BCUT2D eigenvalue weighted by Gasteiger charge is -2.29. The number of hydrogen-bond acceptors (Lipinski definition) is 3. The molecule has 2 fully saturated rings. The molecular weight excluding hydrogens is 466 g/mol. The Labute approximate surface area is 219 Å². The first-order valence-electron chi connectivity index (χ1n) is 13.0. The van der Waals surface area contributed by atoms with Crippen LogP contribution in [-0.4, -0.2) is 20.6 Å². The summed E-state index contributed by atoms with van der Waals surface area (Å²) in [6.07, 6.45) is 7.38. The van der Waals surface area contributed by atoms with Gasteiger partial charge in [0.25, 0.3) is 0 Å². The molecule has 0 bridgehead atoms. The number of aryl methyl sites for hydroxylation is 2. The first-order valence-corrected chi connectivity index (χ1v) is 13.4. The molecule has 0 radical (unpaired) electrons. The molecular formula is C29H35N5OS. The summed E-state index contributed by atoms with van der Waals surface area (Å²) in [5.74, 6) is 0.0108. The second kappa shape index (κ2) is 10.1. The summed E-state index contributed by atoms with van der Waals surface area (Å²) in [6, 6.07) is 15.0. The minimum Gasteiger partial charge on any atom is -0.351 e. The van der Waals surface area contributed by atoms with Crippen molar-refractivity contribution in [1.29, 1.82) is 0 Å². The minimum atomic E-state index is -0.0731. The second-order valence-electron chi connectivity index (χ2n) is 10.0. The van der Waals surface area contributed by atoms with Crippen LogP contribution < -0.4 is 15.5 Å². The van der Waals surface area contributed by atoms with Crippen LogP contribution in [0.5, 0.6) is 0 Å². The SMILES string of the molecule is CCC(=O)Nc1ccc(N2C(=S)N[C@H](c3ccccn3)[C@H]2c2cc(C)n(C3CCCC3)c2C)cc1C. The van der Waals surface area contributed by atoms with Gasteiger partial charge < -0.3 is 20.1 Å². The van der Waals surface area contributed by atoms with Gasteiger partial charge in [0.1, 0.15) is 0 Å². The zero-order valence-electron chi connectivity index (χ0n) is 21.5. The van der Waals surface area contributed by atoms with Crippen LogP contribution >= 0.6 is 12.2 Å². The van der Waals surface area contributed by atoms with Crippen molar-refractivity contribution in [2.24, 2.45) is 0 Å². The van der Waals surface area contributed by atoms with Crippen molar-refractivity contribution in [3.63, 3.8) is 0 Å². The van der Waals surface area contributed by atoms with Gasteiger partial charge in [-0.05, 0) is 93.4 Å². The molecule has 1 amide bonds. The lowest BCUT2D eigenvalue weighted by molar-refractivity contribution is -0.115. The number of amides is 1. The van der Waals surface area contributed by atoms with Gasteiger partial charge in [0, 0.05) is 41.4 Å². The van der Waals surface area contributed by atoms with Gasteiger partial charge in [-0.2, -0.15) is 0 Å². The number of benzene rings is 1. The number of hydrogen-bond donors (Lipinski definition) is 2. The molecule has 0 unspecified atom stereocenters. The lowest BCUT2D eigenvalue weighted by atomic mass is 9.96. The van der Waals surface area contributed by atoms with E-state index in [0.717, 1.165) is 22.6 Å². The number of nitrogens with zero attached hydrogens (tertiary/aromatic N) is 3. The van der Waals surface area contributed by atoms with Gasteiger partial charge in [-0.15, -0.1) is 0 Å². The van der Waals surface area contributed by atoms with Crippen molar-refractivity contribution < 1.29 is 4.79 Å². The Kier molecular flexibility index (Phi) is 6.84. The molecule has 1 saturated carbocycles. The van der Waals surface area contributed by atoms with Gasteiger partial charge >= 0.3 is 0 Å². The number of thiocarbonyl (C=S) groups is 1. The first kappa shape index (κ1) is 24.5. The number of rotatable bonds is 6. The molecule has 1 aliphatic heterocycles. The predicted molar refractivity (Wildman–Crippen MR) is 149 cm³/mol. The Balaban J connectivity index is 1.60. The third-order valence-electron chi connectivity index (χ3n) is 7.71. The molecule has 2 atom stereocenters. The standard InChI is InChI=1S/C29H35N5OS/c1-5-26(35)31-24-14-13-22(16-18(24)2)34-28(27(32-29(34)36)25-12-8-9-15-30-25)23-17-19(3)33(20(23)4)21-10-6-7-11-21/h8-9,12-17,21,27-28H,5-7,10-11H2,1-4H3,(H,31,35)(H,32,36)/t27-,28-/m1/s1. The minimum absolute atomic E-state index is 0.0108. The highest BCUT2D eigenvalue weighted by Gasteiger charge is 2.42. The van der Waals surface area contributed by atoms with Gasteiger partial charge in [-0.3, -0.25) is 9.78 Å². The summed E-state index contributed by atoms with van der Waals surface area (Å²) in [7, 11) is 0. The molecule has 0 spiro atoms. The molecule has 36 heavy (non-hydrogen) atoms. The fourth-order valence-electron chi connectivity index (χ4n) is 5.95. The molecule has 2 aromatic heterocycles. The van der Waals surface area contributed by atoms with E-state index in [0.29, 0.717) is 17.6 Å². The Morgan fingerprint density at radius 2 is 1.92 bits per heavy atom. The number of anilines is 2. The van der Waals surface area contributed by atoms with Gasteiger partial charge in [0.05, 0.1) is 17.8 Å². The van der Waals surface area contributed by atoms with Crippen molar-refractivity contribution >= 4 is 34.6 Å². The van der Waals surface area contributed by atoms with Crippen LogP contribution in [-0.2, 0) is 4.79 Å². The zero-order valence-corrected chi connectivity index (χ0v) is 22.4. The van der Waals surface area contributed by atoms with Crippen molar-refractivity contribution in [2.45, 2.75) is 77.9 Å². The van der Waals surface area contributed by atoms with E-state index in [4.69, 9.17) is 17.2 Å². The largest absolute Gasteiger partial charge is 0.351 e. The summed E-state index contributed by atoms with van der Waals surface area (Å²) in [4.78, 5) is 18.9. The zero-order chi connectivity index (χ0) is 25.4. The van der Waals surface area contributed by atoms with Crippen LogP contribution in [0, 0.1) is 20.8 Å². The molecule has 1 saturated heterocycles. The molecule has 7 heteroatoms. The average molecular weight is 502 g/mol. The molecule has 188 valence electrons. The normalized spacial score (nSPS) is 20.1. The molecule has 1 aromatic carbocycles. The van der Waals surface area contributed by atoms with E-state index in [1.165, 1.54) is 42.6 Å². The summed E-state index contributed by atoms with van der Waals surface area (Å²) >= 11 is 5.94. The molecule has 6 nitrogen and oxygen atoms in total. The third-order valence-corrected chi connectivity index (χ3v) is 8.03. The van der Waals surface area contributed by atoms with Gasteiger partial charge in [0.2, 0.25) is 5.91 Å².